The van der Waals surface area contributed by atoms with Crippen LogP contribution in [0.2, 0.25) is 0 Å². The number of benzene rings is 1. The van der Waals surface area contributed by atoms with Crippen LogP contribution in [-0.4, -0.2) is 52.8 Å². The van der Waals surface area contributed by atoms with Crippen molar-refractivity contribution < 1.29 is 24.2 Å². The highest BCUT2D eigenvalue weighted by atomic mass is 16.6. The lowest BCUT2D eigenvalue weighted by Crippen LogP contribution is -2.30. The van der Waals surface area contributed by atoms with Gasteiger partial charge in [-0.2, -0.15) is 0 Å². The molecule has 7 heteroatoms. The molecule has 3 heterocycles. The standard InChI is InChI=1S/C20H22N2O5/c1-12-9-16(19(23)21-6-5-14(11-21)20(24)25)13(2)22(12)15-3-4-17-18(10-15)27-8-7-26-17/h3-4,9-10,14H,5-8,11H2,1-2H3,(H,24,25)/t14-/m1/s1. The number of amides is 1. The molecule has 7 nitrogen and oxygen atoms in total. The van der Waals surface area contributed by atoms with E-state index in [0.29, 0.717) is 37.5 Å². The highest BCUT2D eigenvalue weighted by molar-refractivity contribution is 5.96. The zero-order valence-corrected chi connectivity index (χ0v) is 15.4. The SMILES string of the molecule is Cc1cc(C(=O)N2CC[C@@H](C(=O)O)C2)c(C)n1-c1ccc2c(c1)OCCO2. The summed E-state index contributed by atoms with van der Waals surface area (Å²) in [4.78, 5) is 25.7. The summed E-state index contributed by atoms with van der Waals surface area (Å²) in [6.45, 7) is 5.65. The number of aryl methyl sites for hydroxylation is 1. The minimum absolute atomic E-state index is 0.115. The van der Waals surface area contributed by atoms with E-state index in [-0.39, 0.29) is 12.5 Å². The third-order valence-electron chi connectivity index (χ3n) is 5.27. The normalized spacial score (nSPS) is 18.6. The number of hydrogen-bond donors (Lipinski definition) is 1. The number of likely N-dealkylation sites (tertiary alicyclic amines) is 1. The highest BCUT2D eigenvalue weighted by Crippen LogP contribution is 2.33. The second-order valence-electron chi connectivity index (χ2n) is 7.02. The third-order valence-corrected chi connectivity index (χ3v) is 5.27. The van der Waals surface area contributed by atoms with Gasteiger partial charge in [0.2, 0.25) is 0 Å². The molecule has 142 valence electrons. The molecule has 1 atom stereocenters. The van der Waals surface area contributed by atoms with E-state index in [1.54, 1.807) is 4.90 Å². The lowest BCUT2D eigenvalue weighted by atomic mass is 10.1. The van der Waals surface area contributed by atoms with Crippen molar-refractivity contribution >= 4 is 11.9 Å². The van der Waals surface area contributed by atoms with Gasteiger partial charge in [-0.15, -0.1) is 0 Å². The molecule has 0 saturated carbocycles. The number of carboxylic acid groups (broad SMARTS) is 1. The van der Waals surface area contributed by atoms with Crippen molar-refractivity contribution in [3.63, 3.8) is 0 Å². The first-order valence-electron chi connectivity index (χ1n) is 9.06. The van der Waals surface area contributed by atoms with Gasteiger partial charge in [-0.1, -0.05) is 0 Å². The molecular formula is C20H22N2O5. The molecule has 27 heavy (non-hydrogen) atoms. The summed E-state index contributed by atoms with van der Waals surface area (Å²) in [7, 11) is 0. The fourth-order valence-corrected chi connectivity index (χ4v) is 3.86. The molecule has 0 aliphatic carbocycles. The van der Waals surface area contributed by atoms with Gasteiger partial charge in [-0.05, 0) is 38.5 Å². The van der Waals surface area contributed by atoms with Crippen LogP contribution in [0.25, 0.3) is 5.69 Å². The second-order valence-corrected chi connectivity index (χ2v) is 7.02. The summed E-state index contributed by atoms with van der Waals surface area (Å²) in [6, 6.07) is 7.60. The number of fused-ring (bicyclic) bond motifs is 1. The number of hydrogen-bond acceptors (Lipinski definition) is 4. The van der Waals surface area contributed by atoms with Crippen molar-refractivity contribution in [2.75, 3.05) is 26.3 Å². The monoisotopic (exact) mass is 370 g/mol. The fourth-order valence-electron chi connectivity index (χ4n) is 3.86. The zero-order valence-electron chi connectivity index (χ0n) is 15.4. The first-order valence-corrected chi connectivity index (χ1v) is 9.06. The van der Waals surface area contributed by atoms with E-state index in [0.717, 1.165) is 22.8 Å². The number of aliphatic carboxylic acids is 1. The summed E-state index contributed by atoms with van der Waals surface area (Å²) in [6.07, 6.45) is 0.502. The average molecular weight is 370 g/mol. The Kier molecular flexibility index (Phi) is 4.30. The van der Waals surface area contributed by atoms with E-state index in [1.165, 1.54) is 0 Å². The van der Waals surface area contributed by atoms with Gasteiger partial charge in [-0.25, -0.2) is 0 Å². The van der Waals surface area contributed by atoms with Crippen molar-refractivity contribution in [1.82, 2.24) is 9.47 Å². The van der Waals surface area contributed by atoms with Gasteiger partial charge < -0.3 is 24.0 Å². The van der Waals surface area contributed by atoms with Crippen LogP contribution in [0.1, 0.15) is 28.2 Å². The summed E-state index contributed by atoms with van der Waals surface area (Å²) in [5, 5.41) is 9.17. The number of carboxylic acids is 1. The van der Waals surface area contributed by atoms with Crippen molar-refractivity contribution in [3.05, 3.63) is 41.2 Å². The molecule has 2 aliphatic rings. The van der Waals surface area contributed by atoms with E-state index in [1.807, 2.05) is 42.7 Å². The molecule has 1 aromatic heterocycles. The van der Waals surface area contributed by atoms with E-state index < -0.39 is 11.9 Å². The molecule has 0 unspecified atom stereocenters. The van der Waals surface area contributed by atoms with Crippen molar-refractivity contribution in [2.45, 2.75) is 20.3 Å². The first-order chi connectivity index (χ1) is 13.0. The van der Waals surface area contributed by atoms with E-state index in [2.05, 4.69) is 0 Å². The van der Waals surface area contributed by atoms with Gasteiger partial charge in [0.15, 0.2) is 11.5 Å². The van der Waals surface area contributed by atoms with Gasteiger partial charge in [0.1, 0.15) is 13.2 Å². The highest BCUT2D eigenvalue weighted by Gasteiger charge is 2.32. The van der Waals surface area contributed by atoms with Crippen molar-refractivity contribution in [1.29, 1.82) is 0 Å². The van der Waals surface area contributed by atoms with Crippen LogP contribution in [0.4, 0.5) is 0 Å². The van der Waals surface area contributed by atoms with Gasteiger partial charge in [0, 0.05) is 36.2 Å². The Morgan fingerprint density at radius 3 is 2.56 bits per heavy atom. The largest absolute Gasteiger partial charge is 0.486 e. The van der Waals surface area contributed by atoms with Crippen LogP contribution in [0.5, 0.6) is 11.5 Å². The Labute approximate surface area is 157 Å². The summed E-state index contributed by atoms with van der Waals surface area (Å²) < 4.78 is 13.2. The molecule has 1 aromatic carbocycles. The third kappa shape index (κ3) is 3.03. The Morgan fingerprint density at radius 2 is 1.85 bits per heavy atom. The Hall–Kier alpha value is -2.96. The molecule has 1 N–H and O–H groups in total. The maximum atomic E-state index is 12.9. The fraction of sp³-hybridized carbons (Fsp3) is 0.400. The summed E-state index contributed by atoms with van der Waals surface area (Å²) >= 11 is 0. The molecule has 1 fully saturated rings. The smallest absolute Gasteiger partial charge is 0.308 e. The minimum atomic E-state index is -0.841. The molecule has 0 radical (unpaired) electrons. The Morgan fingerprint density at radius 1 is 1.11 bits per heavy atom. The summed E-state index contributed by atoms with van der Waals surface area (Å²) in [5.74, 6) is -0.0126. The molecule has 1 amide bonds. The first kappa shape index (κ1) is 17.5. The number of ether oxygens (including phenoxy) is 2. The predicted octanol–water partition coefficient (Wildman–Crippen LogP) is 2.41. The van der Waals surface area contributed by atoms with Gasteiger partial charge in [-0.3, -0.25) is 9.59 Å². The quantitative estimate of drug-likeness (QED) is 0.897. The maximum absolute atomic E-state index is 12.9. The van der Waals surface area contributed by atoms with Crippen molar-refractivity contribution in [2.24, 2.45) is 5.92 Å². The van der Waals surface area contributed by atoms with Crippen LogP contribution in [-0.2, 0) is 4.79 Å². The van der Waals surface area contributed by atoms with E-state index in [4.69, 9.17) is 14.6 Å². The average Bonchev–Trinajstić information content (AvgIpc) is 3.26. The van der Waals surface area contributed by atoms with Crippen LogP contribution in [0, 0.1) is 19.8 Å². The van der Waals surface area contributed by atoms with Gasteiger partial charge in [0.05, 0.1) is 11.5 Å². The molecule has 4 rings (SSSR count). The molecule has 1 saturated heterocycles. The molecule has 0 bridgehead atoms. The second kappa shape index (κ2) is 6.64. The van der Waals surface area contributed by atoms with Crippen LogP contribution in [0.3, 0.4) is 0 Å². The van der Waals surface area contributed by atoms with Crippen LogP contribution in [0.15, 0.2) is 24.3 Å². The number of carbonyl (C=O) groups is 2. The van der Waals surface area contributed by atoms with Crippen LogP contribution < -0.4 is 9.47 Å². The lowest BCUT2D eigenvalue weighted by Gasteiger charge is -2.20. The van der Waals surface area contributed by atoms with Gasteiger partial charge in [0.25, 0.3) is 5.91 Å². The predicted molar refractivity (Wildman–Crippen MR) is 97.9 cm³/mol. The maximum Gasteiger partial charge on any atom is 0.308 e. The number of carbonyl (C=O) groups excluding carboxylic acids is 1. The van der Waals surface area contributed by atoms with Crippen LogP contribution >= 0.6 is 0 Å². The number of nitrogens with zero attached hydrogens (tertiary/aromatic N) is 2. The van der Waals surface area contributed by atoms with E-state index >= 15 is 0 Å². The number of aromatic nitrogens is 1. The topological polar surface area (TPSA) is 81.0 Å². The molecule has 2 aliphatic heterocycles. The molecular weight excluding hydrogens is 348 g/mol. The van der Waals surface area contributed by atoms with E-state index in [9.17, 15) is 9.59 Å². The summed E-state index contributed by atoms with van der Waals surface area (Å²) in [5.41, 5.74) is 3.26. The zero-order chi connectivity index (χ0) is 19.1. The molecule has 0 spiro atoms. The molecule has 2 aromatic rings. The number of rotatable bonds is 3. The van der Waals surface area contributed by atoms with Crippen molar-refractivity contribution in [3.8, 4) is 17.2 Å². The lowest BCUT2D eigenvalue weighted by molar-refractivity contribution is -0.141. The minimum Gasteiger partial charge on any atom is -0.486 e. The Bertz CT molecular complexity index is 917. The van der Waals surface area contributed by atoms with Gasteiger partial charge >= 0.3 is 5.97 Å². The Balaban J connectivity index is 1.64.